The number of amides is 1. The number of nitrogens with one attached hydrogen (secondary N) is 1. The molecule has 1 amide bonds. The van der Waals surface area contributed by atoms with Gasteiger partial charge in [0.15, 0.2) is 0 Å². The lowest BCUT2D eigenvalue weighted by molar-refractivity contribution is -0.917. The van der Waals surface area contributed by atoms with E-state index < -0.39 is 0 Å². The van der Waals surface area contributed by atoms with Gasteiger partial charge in [0.2, 0.25) is 0 Å². The summed E-state index contributed by atoms with van der Waals surface area (Å²) in [6, 6.07) is 11.4. The van der Waals surface area contributed by atoms with E-state index in [1.165, 1.54) is 10.5 Å². The summed E-state index contributed by atoms with van der Waals surface area (Å²) < 4.78 is 5.13. The van der Waals surface area contributed by atoms with Crippen LogP contribution in [0.3, 0.4) is 0 Å². The van der Waals surface area contributed by atoms with Crippen molar-refractivity contribution in [2.45, 2.75) is 6.54 Å². The number of pyridine rings is 1. The van der Waals surface area contributed by atoms with Crippen LogP contribution in [0.2, 0.25) is 0 Å². The van der Waals surface area contributed by atoms with E-state index in [2.05, 4.69) is 11.1 Å². The maximum atomic E-state index is 12.5. The Morgan fingerprint density at radius 1 is 1.22 bits per heavy atom. The van der Waals surface area contributed by atoms with E-state index >= 15 is 0 Å². The number of benzene rings is 1. The average molecular weight is 312 g/mol. The minimum absolute atomic E-state index is 0.105. The smallest absolute Gasteiger partial charge is 0.254 e. The highest BCUT2D eigenvalue weighted by Crippen LogP contribution is 2.13. The molecule has 3 rings (SSSR count). The van der Waals surface area contributed by atoms with Gasteiger partial charge >= 0.3 is 0 Å². The second-order valence-electron chi connectivity index (χ2n) is 5.81. The number of hydrogen-bond donors (Lipinski definition) is 1. The molecule has 5 heteroatoms. The maximum Gasteiger partial charge on any atom is 0.254 e. The van der Waals surface area contributed by atoms with Crippen molar-refractivity contribution in [2.75, 3.05) is 33.3 Å². The van der Waals surface area contributed by atoms with E-state index in [1.807, 2.05) is 41.4 Å². The molecular weight excluding hydrogens is 290 g/mol. The largest absolute Gasteiger partial charge is 0.497 e. The van der Waals surface area contributed by atoms with Gasteiger partial charge in [0.1, 0.15) is 12.3 Å². The summed E-state index contributed by atoms with van der Waals surface area (Å²) in [5.74, 6) is 0.875. The molecular formula is C18H22N3O2+. The minimum atomic E-state index is 0.105. The predicted octanol–water partition coefficient (Wildman–Crippen LogP) is 0.631. The third-order valence-corrected chi connectivity index (χ3v) is 4.27. The quantitative estimate of drug-likeness (QED) is 0.901. The number of rotatable bonds is 4. The van der Waals surface area contributed by atoms with Gasteiger partial charge in [-0.3, -0.25) is 9.78 Å². The Balaban J connectivity index is 1.54. The summed E-state index contributed by atoms with van der Waals surface area (Å²) >= 11 is 0. The van der Waals surface area contributed by atoms with Gasteiger partial charge in [-0.2, -0.15) is 0 Å². The van der Waals surface area contributed by atoms with Crippen LogP contribution in [0.25, 0.3) is 0 Å². The number of hydrogen-bond acceptors (Lipinski definition) is 3. The van der Waals surface area contributed by atoms with Crippen LogP contribution in [-0.2, 0) is 6.54 Å². The number of quaternary nitrogens is 1. The van der Waals surface area contributed by atoms with Crippen molar-refractivity contribution in [3.05, 3.63) is 59.9 Å². The number of methoxy groups -OCH3 is 1. The summed E-state index contributed by atoms with van der Waals surface area (Å²) in [7, 11) is 1.63. The van der Waals surface area contributed by atoms with E-state index in [0.29, 0.717) is 0 Å². The molecule has 120 valence electrons. The molecule has 0 atom stereocenters. The molecule has 0 bridgehead atoms. The fourth-order valence-electron chi connectivity index (χ4n) is 2.91. The number of carbonyl (C=O) groups excluding carboxylic acids is 1. The standard InChI is InChI=1S/C18H21N3O2/c1-23-17-6-4-16(5-7-17)18(22)21-11-9-20(10-12-21)14-15-3-2-8-19-13-15/h2-8,13H,9-12,14H2,1H3/p+1. The fourth-order valence-corrected chi connectivity index (χ4v) is 2.91. The number of piperazine rings is 1. The highest BCUT2D eigenvalue weighted by Gasteiger charge is 2.24. The van der Waals surface area contributed by atoms with Gasteiger partial charge in [0.05, 0.1) is 33.3 Å². The lowest BCUT2D eigenvalue weighted by Crippen LogP contribution is -3.13. The van der Waals surface area contributed by atoms with E-state index in [1.54, 1.807) is 13.3 Å². The van der Waals surface area contributed by atoms with Crippen molar-refractivity contribution < 1.29 is 14.4 Å². The van der Waals surface area contributed by atoms with Gasteiger partial charge in [0, 0.05) is 23.5 Å². The van der Waals surface area contributed by atoms with Crippen LogP contribution in [0.5, 0.6) is 5.75 Å². The first-order valence-corrected chi connectivity index (χ1v) is 7.92. The lowest BCUT2D eigenvalue weighted by atomic mass is 10.1. The van der Waals surface area contributed by atoms with Crippen molar-refractivity contribution >= 4 is 5.91 Å². The first-order chi connectivity index (χ1) is 11.3. The van der Waals surface area contributed by atoms with Crippen molar-refractivity contribution in [1.29, 1.82) is 0 Å². The zero-order valence-electron chi connectivity index (χ0n) is 13.4. The van der Waals surface area contributed by atoms with Crippen molar-refractivity contribution in [2.24, 2.45) is 0 Å². The molecule has 0 spiro atoms. The number of carbonyl (C=O) groups is 1. The molecule has 1 aromatic carbocycles. The number of nitrogens with zero attached hydrogens (tertiary/aromatic N) is 2. The van der Waals surface area contributed by atoms with E-state index in [0.717, 1.165) is 44.0 Å². The summed E-state index contributed by atoms with van der Waals surface area (Å²) in [5, 5.41) is 0. The first-order valence-electron chi connectivity index (χ1n) is 7.92. The molecule has 1 aliphatic heterocycles. The second-order valence-corrected chi connectivity index (χ2v) is 5.81. The Morgan fingerprint density at radius 3 is 2.57 bits per heavy atom. The highest BCUT2D eigenvalue weighted by molar-refractivity contribution is 5.94. The van der Waals surface area contributed by atoms with Gasteiger partial charge in [-0.1, -0.05) is 6.07 Å². The van der Waals surface area contributed by atoms with Crippen molar-refractivity contribution in [1.82, 2.24) is 9.88 Å². The molecule has 0 aliphatic carbocycles. The van der Waals surface area contributed by atoms with Crippen molar-refractivity contribution in [3.63, 3.8) is 0 Å². The monoisotopic (exact) mass is 312 g/mol. The molecule has 1 N–H and O–H groups in total. The molecule has 2 aromatic rings. The number of ether oxygens (including phenoxy) is 1. The van der Waals surface area contributed by atoms with Crippen LogP contribution >= 0.6 is 0 Å². The molecule has 1 saturated heterocycles. The van der Waals surface area contributed by atoms with Crippen LogP contribution in [0.15, 0.2) is 48.8 Å². The molecule has 1 fully saturated rings. The zero-order chi connectivity index (χ0) is 16.1. The summed E-state index contributed by atoms with van der Waals surface area (Å²) in [6.07, 6.45) is 3.71. The molecule has 1 aromatic heterocycles. The predicted molar refractivity (Wildman–Crippen MR) is 87.5 cm³/mol. The van der Waals surface area contributed by atoms with E-state index in [-0.39, 0.29) is 5.91 Å². The Kier molecular flexibility index (Phi) is 4.88. The van der Waals surface area contributed by atoms with Crippen LogP contribution in [0.1, 0.15) is 15.9 Å². The molecule has 5 nitrogen and oxygen atoms in total. The Hall–Kier alpha value is -2.40. The van der Waals surface area contributed by atoms with Gasteiger partial charge in [-0.15, -0.1) is 0 Å². The van der Waals surface area contributed by atoms with Crippen molar-refractivity contribution in [3.8, 4) is 5.75 Å². The molecule has 2 heterocycles. The fraction of sp³-hybridized carbons (Fsp3) is 0.333. The van der Waals surface area contributed by atoms with Crippen LogP contribution in [0.4, 0.5) is 0 Å². The molecule has 1 aliphatic rings. The van der Waals surface area contributed by atoms with Crippen LogP contribution in [0, 0.1) is 0 Å². The maximum absolute atomic E-state index is 12.5. The Labute approximate surface area is 136 Å². The van der Waals surface area contributed by atoms with E-state index in [4.69, 9.17) is 4.74 Å². The van der Waals surface area contributed by atoms with Gasteiger partial charge in [0.25, 0.3) is 5.91 Å². The molecule has 0 saturated carbocycles. The van der Waals surface area contributed by atoms with Gasteiger partial charge < -0.3 is 14.5 Å². The van der Waals surface area contributed by atoms with Gasteiger partial charge in [-0.05, 0) is 30.3 Å². The van der Waals surface area contributed by atoms with Gasteiger partial charge in [-0.25, -0.2) is 0 Å². The minimum Gasteiger partial charge on any atom is -0.497 e. The zero-order valence-corrected chi connectivity index (χ0v) is 13.4. The van der Waals surface area contributed by atoms with Crippen LogP contribution < -0.4 is 9.64 Å². The number of aromatic nitrogens is 1. The summed E-state index contributed by atoms with van der Waals surface area (Å²) in [4.78, 5) is 20.1. The molecule has 23 heavy (non-hydrogen) atoms. The Morgan fingerprint density at radius 2 is 1.96 bits per heavy atom. The topological polar surface area (TPSA) is 46.9 Å². The lowest BCUT2D eigenvalue weighted by Gasteiger charge is -2.32. The second kappa shape index (κ2) is 7.24. The third-order valence-electron chi connectivity index (χ3n) is 4.27. The third kappa shape index (κ3) is 3.87. The SMILES string of the molecule is COc1ccc(C(=O)N2CC[NH+](Cc3cccnc3)CC2)cc1. The average Bonchev–Trinajstić information content (AvgIpc) is 2.63. The molecule has 0 radical (unpaired) electrons. The molecule has 0 unspecified atom stereocenters. The van der Waals surface area contributed by atoms with E-state index in [9.17, 15) is 4.79 Å². The van der Waals surface area contributed by atoms with Crippen LogP contribution in [-0.4, -0.2) is 49.1 Å². The summed E-state index contributed by atoms with van der Waals surface area (Å²) in [5.41, 5.74) is 1.97. The first kappa shape index (κ1) is 15.5. The summed E-state index contributed by atoms with van der Waals surface area (Å²) in [6.45, 7) is 4.49. The Bertz CT molecular complexity index is 635. The normalized spacial score (nSPS) is 15.4. The highest BCUT2D eigenvalue weighted by atomic mass is 16.5.